The fourth-order valence-corrected chi connectivity index (χ4v) is 1.40. The van der Waals surface area contributed by atoms with Crippen molar-refractivity contribution in [1.29, 1.82) is 0 Å². The maximum absolute atomic E-state index is 8.88. The molecule has 1 rings (SSSR count). The van der Waals surface area contributed by atoms with Crippen molar-refractivity contribution in [2.24, 2.45) is 5.92 Å². The summed E-state index contributed by atoms with van der Waals surface area (Å²) < 4.78 is 5.28. The van der Waals surface area contributed by atoms with E-state index in [1.807, 2.05) is 13.8 Å². The Balaban J connectivity index is 2.28. The molecule has 1 aromatic rings. The van der Waals surface area contributed by atoms with Gasteiger partial charge in [-0.2, -0.15) is 4.98 Å². The minimum Gasteiger partial charge on any atom is -0.478 e. The van der Waals surface area contributed by atoms with Gasteiger partial charge in [0.2, 0.25) is 11.8 Å². The Bertz CT molecular complexity index is 320. The van der Waals surface area contributed by atoms with Crippen LogP contribution in [0.2, 0.25) is 0 Å². The van der Waals surface area contributed by atoms with Crippen LogP contribution in [0.1, 0.15) is 26.7 Å². The van der Waals surface area contributed by atoms with Crippen molar-refractivity contribution < 1.29 is 9.84 Å². The smallest absolute Gasteiger partial charge is 0.225 e. The normalized spacial score (nSPS) is 12.2. The van der Waals surface area contributed by atoms with Gasteiger partial charge < -0.3 is 15.2 Å². The third kappa shape index (κ3) is 5.49. The highest BCUT2D eigenvalue weighted by molar-refractivity contribution is 5.27. The summed E-state index contributed by atoms with van der Waals surface area (Å²) in [6.07, 6.45) is 3.66. The summed E-state index contributed by atoms with van der Waals surface area (Å²) in [6, 6.07) is 1.74. The minimum absolute atomic E-state index is 0.246. The molecule has 0 aliphatic carbocycles. The van der Waals surface area contributed by atoms with Crippen LogP contribution in [0, 0.1) is 5.92 Å². The van der Waals surface area contributed by atoms with E-state index in [4.69, 9.17) is 9.84 Å². The van der Waals surface area contributed by atoms with E-state index in [0.717, 1.165) is 19.4 Å². The van der Waals surface area contributed by atoms with Crippen LogP contribution in [0.3, 0.4) is 0 Å². The van der Waals surface area contributed by atoms with Crippen LogP contribution in [0.5, 0.6) is 5.88 Å². The molecule has 5 heteroatoms. The number of anilines is 1. The van der Waals surface area contributed by atoms with Crippen molar-refractivity contribution in [3.63, 3.8) is 0 Å². The van der Waals surface area contributed by atoms with Gasteiger partial charge in [0.25, 0.3) is 0 Å². The standard InChI is InChI=1S/C12H21N3O2/c1-3-17-11-6-8-14-12(15-11)13-7-4-5-10(2)9-16/h6,8,10,16H,3-5,7,9H2,1-2H3,(H,13,14,15). The molecule has 0 aromatic carbocycles. The second-order valence-electron chi connectivity index (χ2n) is 4.01. The van der Waals surface area contributed by atoms with Gasteiger partial charge in [0.15, 0.2) is 0 Å². The lowest BCUT2D eigenvalue weighted by atomic mass is 10.1. The molecule has 0 aliphatic heterocycles. The molecular weight excluding hydrogens is 218 g/mol. The highest BCUT2D eigenvalue weighted by Gasteiger charge is 2.01. The van der Waals surface area contributed by atoms with E-state index in [1.54, 1.807) is 12.3 Å². The zero-order valence-electron chi connectivity index (χ0n) is 10.5. The Labute approximate surface area is 102 Å². The van der Waals surface area contributed by atoms with Gasteiger partial charge in [0, 0.05) is 25.4 Å². The van der Waals surface area contributed by atoms with Crippen LogP contribution in [-0.2, 0) is 0 Å². The molecule has 1 heterocycles. The van der Waals surface area contributed by atoms with Crippen molar-refractivity contribution in [2.75, 3.05) is 25.1 Å². The highest BCUT2D eigenvalue weighted by Crippen LogP contribution is 2.09. The summed E-state index contributed by atoms with van der Waals surface area (Å²) in [7, 11) is 0. The van der Waals surface area contributed by atoms with Crippen molar-refractivity contribution in [1.82, 2.24) is 9.97 Å². The van der Waals surface area contributed by atoms with E-state index >= 15 is 0 Å². The molecule has 1 atom stereocenters. The van der Waals surface area contributed by atoms with Crippen LogP contribution in [0.4, 0.5) is 5.95 Å². The van der Waals surface area contributed by atoms with Crippen LogP contribution in [-0.4, -0.2) is 34.8 Å². The minimum atomic E-state index is 0.246. The first-order valence-electron chi connectivity index (χ1n) is 6.06. The van der Waals surface area contributed by atoms with Gasteiger partial charge in [0.05, 0.1) is 6.61 Å². The molecule has 0 saturated heterocycles. The van der Waals surface area contributed by atoms with Gasteiger partial charge in [-0.3, -0.25) is 0 Å². The quantitative estimate of drug-likeness (QED) is 0.676. The molecule has 0 saturated carbocycles. The van der Waals surface area contributed by atoms with Gasteiger partial charge >= 0.3 is 0 Å². The Morgan fingerprint density at radius 1 is 1.53 bits per heavy atom. The summed E-state index contributed by atoms with van der Waals surface area (Å²) in [5, 5.41) is 12.0. The number of hydrogen-bond acceptors (Lipinski definition) is 5. The van der Waals surface area contributed by atoms with E-state index in [-0.39, 0.29) is 6.61 Å². The fourth-order valence-electron chi connectivity index (χ4n) is 1.40. The van der Waals surface area contributed by atoms with Crippen molar-refractivity contribution in [2.45, 2.75) is 26.7 Å². The van der Waals surface area contributed by atoms with Crippen molar-refractivity contribution in [3.8, 4) is 5.88 Å². The number of aromatic nitrogens is 2. The molecule has 0 spiro atoms. The second kappa shape index (κ2) is 7.84. The zero-order chi connectivity index (χ0) is 12.5. The lowest BCUT2D eigenvalue weighted by molar-refractivity contribution is 0.229. The first kappa shape index (κ1) is 13.7. The molecule has 0 radical (unpaired) electrons. The third-order valence-electron chi connectivity index (χ3n) is 2.39. The number of hydrogen-bond donors (Lipinski definition) is 2. The Morgan fingerprint density at radius 3 is 3.06 bits per heavy atom. The molecule has 2 N–H and O–H groups in total. The number of ether oxygens (including phenoxy) is 1. The lowest BCUT2D eigenvalue weighted by Gasteiger charge is -2.09. The summed E-state index contributed by atoms with van der Waals surface area (Å²) in [5.41, 5.74) is 0. The molecule has 0 fully saturated rings. The fraction of sp³-hybridized carbons (Fsp3) is 0.667. The SMILES string of the molecule is CCOc1ccnc(NCCCC(C)CO)n1. The maximum atomic E-state index is 8.88. The molecule has 1 unspecified atom stereocenters. The molecule has 5 nitrogen and oxygen atoms in total. The molecule has 0 amide bonds. The Morgan fingerprint density at radius 2 is 2.35 bits per heavy atom. The molecular formula is C12H21N3O2. The molecule has 96 valence electrons. The summed E-state index contributed by atoms with van der Waals surface area (Å²) in [5.74, 6) is 1.54. The predicted molar refractivity (Wildman–Crippen MR) is 67.2 cm³/mol. The van der Waals surface area contributed by atoms with Gasteiger partial charge in [-0.25, -0.2) is 4.98 Å². The average molecular weight is 239 g/mol. The van der Waals surface area contributed by atoms with Crippen LogP contribution >= 0.6 is 0 Å². The van der Waals surface area contributed by atoms with E-state index in [9.17, 15) is 0 Å². The van der Waals surface area contributed by atoms with Gasteiger partial charge in [-0.1, -0.05) is 6.92 Å². The first-order valence-corrected chi connectivity index (χ1v) is 6.06. The van der Waals surface area contributed by atoms with Gasteiger partial charge in [-0.05, 0) is 25.7 Å². The number of aliphatic hydroxyl groups is 1. The molecule has 17 heavy (non-hydrogen) atoms. The van der Waals surface area contributed by atoms with Gasteiger partial charge in [0.1, 0.15) is 0 Å². The maximum Gasteiger partial charge on any atom is 0.225 e. The Hall–Kier alpha value is -1.36. The van der Waals surface area contributed by atoms with Crippen LogP contribution in [0.25, 0.3) is 0 Å². The molecule has 0 aliphatic rings. The van der Waals surface area contributed by atoms with E-state index < -0.39 is 0 Å². The van der Waals surface area contributed by atoms with E-state index in [1.165, 1.54) is 0 Å². The highest BCUT2D eigenvalue weighted by atomic mass is 16.5. The van der Waals surface area contributed by atoms with Crippen LogP contribution in [0.15, 0.2) is 12.3 Å². The second-order valence-corrected chi connectivity index (χ2v) is 4.01. The summed E-state index contributed by atoms with van der Waals surface area (Å²) in [4.78, 5) is 8.31. The van der Waals surface area contributed by atoms with Crippen molar-refractivity contribution >= 4 is 5.95 Å². The van der Waals surface area contributed by atoms with E-state index in [0.29, 0.717) is 24.4 Å². The zero-order valence-corrected chi connectivity index (χ0v) is 10.5. The lowest BCUT2D eigenvalue weighted by Crippen LogP contribution is -2.09. The monoisotopic (exact) mass is 239 g/mol. The van der Waals surface area contributed by atoms with Crippen LogP contribution < -0.4 is 10.1 Å². The summed E-state index contributed by atoms with van der Waals surface area (Å²) in [6.45, 7) is 5.61. The topological polar surface area (TPSA) is 67.3 Å². The average Bonchev–Trinajstić information content (AvgIpc) is 2.35. The number of nitrogens with zero attached hydrogens (tertiary/aromatic N) is 2. The first-order chi connectivity index (χ1) is 8.26. The van der Waals surface area contributed by atoms with Crippen molar-refractivity contribution in [3.05, 3.63) is 12.3 Å². The predicted octanol–water partition coefficient (Wildman–Crippen LogP) is 1.70. The summed E-state index contributed by atoms with van der Waals surface area (Å²) >= 11 is 0. The number of aliphatic hydroxyl groups excluding tert-OH is 1. The Kier molecular flexibility index (Phi) is 6.32. The molecule has 0 bridgehead atoms. The number of rotatable bonds is 8. The van der Waals surface area contributed by atoms with Gasteiger partial charge in [-0.15, -0.1) is 0 Å². The number of nitrogens with one attached hydrogen (secondary N) is 1. The van der Waals surface area contributed by atoms with E-state index in [2.05, 4.69) is 15.3 Å². The largest absolute Gasteiger partial charge is 0.478 e. The molecule has 1 aromatic heterocycles. The third-order valence-corrected chi connectivity index (χ3v) is 2.39.